The molecule has 8 heteroatoms. The first kappa shape index (κ1) is 21.4. The summed E-state index contributed by atoms with van der Waals surface area (Å²) in [7, 11) is 1.74. The monoisotopic (exact) mass is 468 g/mol. The molecule has 35 heavy (non-hydrogen) atoms. The van der Waals surface area contributed by atoms with Crippen LogP contribution in [0.2, 0.25) is 0 Å². The molecular formula is C27H24N4O4. The number of anilines is 1. The lowest BCUT2D eigenvalue weighted by molar-refractivity contribution is -0.169. The average Bonchev–Trinajstić information content (AvgIpc) is 3.37. The number of carbonyl (C=O) groups is 2. The standard InChI is InChI=1S/C27H24N4O4/c1-14(2)15-11-12-17-21(13-15)35-27(34)18-8-6-9-19(28)22(18)24(32)26(17,27)29-25(33)23-16-7-4-5-10-20(16)31(3)30-23/h4-14,34H,28H2,1-3H3,(H,29,33). The Kier molecular flexibility index (Phi) is 4.23. The number of aliphatic hydroxyl groups is 1. The van der Waals surface area contributed by atoms with E-state index in [0.29, 0.717) is 16.7 Å². The van der Waals surface area contributed by atoms with Gasteiger partial charge >= 0.3 is 0 Å². The van der Waals surface area contributed by atoms with Gasteiger partial charge in [-0.15, -0.1) is 0 Å². The van der Waals surface area contributed by atoms with Gasteiger partial charge in [0.2, 0.25) is 11.3 Å². The maximum atomic E-state index is 14.1. The van der Waals surface area contributed by atoms with E-state index in [1.54, 1.807) is 48.1 Å². The first-order valence-electron chi connectivity index (χ1n) is 11.4. The molecule has 3 aromatic carbocycles. The van der Waals surface area contributed by atoms with E-state index in [1.165, 1.54) is 0 Å². The number of rotatable bonds is 3. The molecule has 4 aromatic rings. The summed E-state index contributed by atoms with van der Waals surface area (Å²) in [5.74, 6) is -2.77. The zero-order valence-electron chi connectivity index (χ0n) is 19.5. The van der Waals surface area contributed by atoms with Gasteiger partial charge in [0.15, 0.2) is 5.69 Å². The molecule has 2 unspecified atom stereocenters. The molecule has 176 valence electrons. The number of para-hydroxylation sites is 1. The van der Waals surface area contributed by atoms with Crippen molar-refractivity contribution in [2.24, 2.45) is 7.05 Å². The molecule has 0 fully saturated rings. The lowest BCUT2D eigenvalue weighted by Crippen LogP contribution is -2.60. The minimum Gasteiger partial charge on any atom is -0.454 e. The molecule has 8 nitrogen and oxygen atoms in total. The van der Waals surface area contributed by atoms with E-state index in [0.717, 1.165) is 11.1 Å². The SMILES string of the molecule is CC(C)c1ccc2c(c1)OC1(O)c3cccc(N)c3C(=O)C21NC(=O)c1nn(C)c2ccccc12. The number of amides is 1. The van der Waals surface area contributed by atoms with E-state index in [9.17, 15) is 14.7 Å². The van der Waals surface area contributed by atoms with Crippen molar-refractivity contribution in [3.8, 4) is 5.75 Å². The first-order valence-corrected chi connectivity index (χ1v) is 11.4. The lowest BCUT2D eigenvalue weighted by Gasteiger charge is -2.34. The van der Waals surface area contributed by atoms with Gasteiger partial charge in [-0.25, -0.2) is 0 Å². The van der Waals surface area contributed by atoms with Crippen molar-refractivity contribution in [3.63, 3.8) is 0 Å². The van der Waals surface area contributed by atoms with Crippen LogP contribution in [-0.4, -0.2) is 26.6 Å². The van der Waals surface area contributed by atoms with Gasteiger partial charge in [0.05, 0.1) is 11.1 Å². The van der Waals surface area contributed by atoms with Crippen LogP contribution in [0.5, 0.6) is 5.75 Å². The van der Waals surface area contributed by atoms with Crippen molar-refractivity contribution in [1.29, 1.82) is 0 Å². The minimum absolute atomic E-state index is 0.139. The summed E-state index contributed by atoms with van der Waals surface area (Å²) in [5.41, 5.74) is 7.06. The number of fused-ring (bicyclic) bond motifs is 6. The van der Waals surface area contributed by atoms with E-state index in [4.69, 9.17) is 10.5 Å². The van der Waals surface area contributed by atoms with Crippen LogP contribution in [0.4, 0.5) is 5.69 Å². The molecule has 0 bridgehead atoms. The highest BCUT2D eigenvalue weighted by Crippen LogP contribution is 2.59. The molecule has 2 atom stereocenters. The number of carbonyl (C=O) groups excluding carboxylic acids is 2. The van der Waals surface area contributed by atoms with Crippen LogP contribution in [0.3, 0.4) is 0 Å². The normalized spacial score (nSPS) is 22.1. The molecule has 1 aromatic heterocycles. The maximum Gasteiger partial charge on any atom is 0.273 e. The highest BCUT2D eigenvalue weighted by atomic mass is 16.6. The fraction of sp³-hybridized carbons (Fsp3) is 0.222. The number of nitrogens with one attached hydrogen (secondary N) is 1. The number of hydrogen-bond donors (Lipinski definition) is 3. The van der Waals surface area contributed by atoms with Crippen LogP contribution in [0, 0.1) is 0 Å². The molecular weight excluding hydrogens is 444 g/mol. The number of benzene rings is 3. The summed E-state index contributed by atoms with van der Waals surface area (Å²) in [6.07, 6.45) is 0. The van der Waals surface area contributed by atoms with E-state index in [1.807, 2.05) is 38.1 Å². The molecule has 2 heterocycles. The summed E-state index contributed by atoms with van der Waals surface area (Å²) < 4.78 is 7.74. The van der Waals surface area contributed by atoms with Crippen LogP contribution in [0.25, 0.3) is 10.9 Å². The Hall–Kier alpha value is -4.17. The van der Waals surface area contributed by atoms with E-state index in [2.05, 4.69) is 10.4 Å². The Morgan fingerprint density at radius 3 is 2.66 bits per heavy atom. The fourth-order valence-corrected chi connectivity index (χ4v) is 5.36. The predicted octanol–water partition coefficient (Wildman–Crippen LogP) is 3.34. The Bertz CT molecular complexity index is 1570. The number of nitrogens with two attached hydrogens (primary N) is 1. The second kappa shape index (κ2) is 6.93. The molecule has 1 aliphatic heterocycles. The van der Waals surface area contributed by atoms with Crippen molar-refractivity contribution in [3.05, 3.63) is 88.6 Å². The summed E-state index contributed by atoms with van der Waals surface area (Å²) >= 11 is 0. The smallest absolute Gasteiger partial charge is 0.273 e. The fourth-order valence-electron chi connectivity index (χ4n) is 5.36. The maximum absolute atomic E-state index is 14.1. The molecule has 6 rings (SSSR count). The van der Waals surface area contributed by atoms with Crippen LogP contribution in [0.1, 0.15) is 57.3 Å². The largest absolute Gasteiger partial charge is 0.454 e. The number of ether oxygens (including phenoxy) is 1. The van der Waals surface area contributed by atoms with E-state index < -0.39 is 23.0 Å². The summed E-state index contributed by atoms with van der Waals surface area (Å²) in [6, 6.07) is 17.6. The molecule has 0 saturated carbocycles. The van der Waals surface area contributed by atoms with Crippen molar-refractivity contribution < 1.29 is 19.4 Å². The number of aromatic nitrogens is 2. The molecule has 0 radical (unpaired) electrons. The predicted molar refractivity (Wildman–Crippen MR) is 130 cm³/mol. The van der Waals surface area contributed by atoms with Gasteiger partial charge in [0.25, 0.3) is 11.7 Å². The lowest BCUT2D eigenvalue weighted by atomic mass is 9.82. The van der Waals surface area contributed by atoms with Crippen molar-refractivity contribution in [1.82, 2.24) is 15.1 Å². The van der Waals surface area contributed by atoms with Crippen LogP contribution in [0.15, 0.2) is 60.7 Å². The molecule has 0 saturated heterocycles. The Labute approximate surface area is 201 Å². The number of Topliss-reactive ketones (excluding diaryl/α,β-unsaturated/α-hetero) is 1. The van der Waals surface area contributed by atoms with E-state index in [-0.39, 0.29) is 28.4 Å². The Balaban J connectivity index is 1.57. The minimum atomic E-state index is -2.17. The zero-order valence-corrected chi connectivity index (χ0v) is 19.5. The summed E-state index contributed by atoms with van der Waals surface area (Å²) in [6.45, 7) is 4.08. The van der Waals surface area contributed by atoms with Crippen molar-refractivity contribution in [2.75, 3.05) is 5.73 Å². The van der Waals surface area contributed by atoms with Gasteiger partial charge in [-0.3, -0.25) is 14.3 Å². The zero-order chi connectivity index (χ0) is 24.7. The highest BCUT2D eigenvalue weighted by Gasteiger charge is 2.72. The van der Waals surface area contributed by atoms with Crippen LogP contribution < -0.4 is 15.8 Å². The number of hydrogen-bond acceptors (Lipinski definition) is 6. The number of nitrogens with zero attached hydrogens (tertiary/aromatic N) is 2. The van der Waals surface area contributed by atoms with Gasteiger partial charge in [-0.1, -0.05) is 56.3 Å². The van der Waals surface area contributed by atoms with Gasteiger partial charge in [-0.2, -0.15) is 5.10 Å². The van der Waals surface area contributed by atoms with Gasteiger partial charge in [0.1, 0.15) is 5.75 Å². The Morgan fingerprint density at radius 1 is 1.11 bits per heavy atom. The van der Waals surface area contributed by atoms with E-state index >= 15 is 0 Å². The quantitative estimate of drug-likeness (QED) is 0.397. The summed E-state index contributed by atoms with van der Waals surface area (Å²) in [4.78, 5) is 27.8. The number of ketones is 1. The van der Waals surface area contributed by atoms with Crippen molar-refractivity contribution >= 4 is 28.3 Å². The van der Waals surface area contributed by atoms with Gasteiger partial charge in [-0.05, 0) is 29.7 Å². The van der Waals surface area contributed by atoms with Crippen LogP contribution in [-0.2, 0) is 18.4 Å². The van der Waals surface area contributed by atoms with Crippen molar-refractivity contribution in [2.45, 2.75) is 31.1 Å². The van der Waals surface area contributed by atoms with Crippen LogP contribution >= 0.6 is 0 Å². The average molecular weight is 469 g/mol. The molecule has 1 amide bonds. The number of aryl methyl sites for hydroxylation is 1. The third-order valence-corrected chi connectivity index (χ3v) is 7.15. The molecule has 2 aliphatic rings. The first-order chi connectivity index (χ1) is 16.7. The topological polar surface area (TPSA) is 119 Å². The third-order valence-electron chi connectivity index (χ3n) is 7.15. The number of nitrogen functional groups attached to an aromatic ring is 1. The molecule has 0 spiro atoms. The summed E-state index contributed by atoms with van der Waals surface area (Å²) in [5, 5.41) is 19.9. The third kappa shape index (κ3) is 2.57. The highest BCUT2D eigenvalue weighted by molar-refractivity contribution is 6.16. The molecule has 4 N–H and O–H groups in total. The van der Waals surface area contributed by atoms with Gasteiger partial charge in [0, 0.05) is 29.2 Å². The Morgan fingerprint density at radius 2 is 1.89 bits per heavy atom. The molecule has 1 aliphatic carbocycles. The second-order valence-corrected chi connectivity index (χ2v) is 9.45. The second-order valence-electron chi connectivity index (χ2n) is 9.45. The van der Waals surface area contributed by atoms with Gasteiger partial charge < -0.3 is 20.9 Å².